The maximum absolute atomic E-state index is 13.9. The Hall–Kier alpha value is -3.19. The molecule has 0 saturated carbocycles. The fraction of sp³-hybridized carbons (Fsp3) is 0.154. The van der Waals surface area contributed by atoms with Crippen LogP contribution in [0.15, 0.2) is 71.8 Å². The van der Waals surface area contributed by atoms with E-state index in [1.165, 1.54) is 6.07 Å². The number of benzene rings is 3. The average molecular weight is 525 g/mol. The van der Waals surface area contributed by atoms with Gasteiger partial charge >= 0.3 is 0 Å². The second-order valence-electron chi connectivity index (χ2n) is 8.67. The summed E-state index contributed by atoms with van der Waals surface area (Å²) in [6.07, 6.45) is 1.66. The first-order chi connectivity index (χ1) is 16.9. The molecule has 6 rings (SSSR count). The van der Waals surface area contributed by atoms with Gasteiger partial charge in [0.25, 0.3) is 0 Å². The molecule has 2 fully saturated rings. The summed E-state index contributed by atoms with van der Waals surface area (Å²) in [4.78, 5) is 42.6. The van der Waals surface area contributed by atoms with Gasteiger partial charge in [0.1, 0.15) is 6.04 Å². The Morgan fingerprint density at radius 2 is 1.51 bits per heavy atom. The molecule has 3 aliphatic rings. The second kappa shape index (κ2) is 8.19. The fourth-order valence-corrected chi connectivity index (χ4v) is 5.97. The summed E-state index contributed by atoms with van der Waals surface area (Å²) in [6, 6.07) is 17.1. The van der Waals surface area contributed by atoms with Gasteiger partial charge in [-0.15, -0.1) is 0 Å². The number of hydrazone groups is 1. The van der Waals surface area contributed by atoms with Gasteiger partial charge in [-0.25, -0.2) is 4.90 Å². The van der Waals surface area contributed by atoms with Gasteiger partial charge < -0.3 is 0 Å². The molecule has 0 aliphatic carbocycles. The number of ketones is 1. The molecule has 0 bridgehead atoms. The predicted octanol–water partition coefficient (Wildman–Crippen LogP) is 5.41. The summed E-state index contributed by atoms with van der Waals surface area (Å²) in [6.45, 7) is 0. The van der Waals surface area contributed by atoms with Crippen molar-refractivity contribution in [1.82, 2.24) is 5.01 Å². The van der Waals surface area contributed by atoms with Crippen molar-refractivity contribution in [2.45, 2.75) is 12.1 Å². The third-order valence-electron chi connectivity index (χ3n) is 6.84. The molecule has 9 heteroatoms. The molecule has 0 aromatic heterocycles. The molecule has 0 radical (unpaired) electrons. The maximum atomic E-state index is 13.9. The van der Waals surface area contributed by atoms with Gasteiger partial charge in [-0.2, -0.15) is 5.10 Å². The molecule has 3 aliphatic heterocycles. The van der Waals surface area contributed by atoms with E-state index in [9.17, 15) is 14.4 Å². The highest BCUT2D eigenvalue weighted by molar-refractivity contribution is 6.38. The number of anilines is 1. The third-order valence-corrected chi connectivity index (χ3v) is 7.63. The lowest BCUT2D eigenvalue weighted by Gasteiger charge is -2.33. The van der Waals surface area contributed by atoms with Crippen molar-refractivity contribution in [3.8, 4) is 0 Å². The summed E-state index contributed by atoms with van der Waals surface area (Å²) in [7, 11) is 0. The minimum absolute atomic E-state index is 0.179. The van der Waals surface area contributed by atoms with Crippen LogP contribution in [0.1, 0.15) is 27.5 Å². The Morgan fingerprint density at radius 1 is 0.829 bits per heavy atom. The first-order valence-electron chi connectivity index (χ1n) is 10.9. The van der Waals surface area contributed by atoms with E-state index in [-0.39, 0.29) is 16.5 Å². The van der Waals surface area contributed by atoms with Gasteiger partial charge in [-0.1, -0.05) is 59.1 Å². The van der Waals surface area contributed by atoms with E-state index >= 15 is 0 Å². The third kappa shape index (κ3) is 3.32. The van der Waals surface area contributed by atoms with Gasteiger partial charge in [0, 0.05) is 15.6 Å². The first-order valence-corrected chi connectivity index (χ1v) is 12.0. The molecule has 6 nitrogen and oxygen atoms in total. The lowest BCUT2D eigenvalue weighted by Crippen LogP contribution is -2.44. The Labute approximate surface area is 215 Å². The molecule has 3 aromatic carbocycles. The van der Waals surface area contributed by atoms with Crippen molar-refractivity contribution < 1.29 is 14.4 Å². The van der Waals surface area contributed by atoms with Crippen LogP contribution in [0.25, 0.3) is 0 Å². The predicted molar refractivity (Wildman–Crippen MR) is 134 cm³/mol. The summed E-state index contributed by atoms with van der Waals surface area (Å²) in [5.41, 5.74) is 2.32. The molecule has 4 atom stereocenters. The number of amides is 2. The highest BCUT2D eigenvalue weighted by Gasteiger charge is 2.65. The quantitative estimate of drug-likeness (QED) is 0.339. The summed E-state index contributed by atoms with van der Waals surface area (Å²) >= 11 is 18.4. The smallest absolute Gasteiger partial charge is 0.240 e. The normalized spacial score (nSPS) is 24.4. The van der Waals surface area contributed by atoms with Crippen LogP contribution in [-0.4, -0.2) is 34.9 Å². The van der Waals surface area contributed by atoms with Gasteiger partial charge in [-0.3, -0.25) is 19.4 Å². The molecule has 2 saturated heterocycles. The molecule has 3 aromatic rings. The number of hydrogen-bond donors (Lipinski definition) is 0. The zero-order valence-electron chi connectivity index (χ0n) is 17.9. The minimum atomic E-state index is -0.969. The van der Waals surface area contributed by atoms with Crippen molar-refractivity contribution in [1.29, 1.82) is 0 Å². The fourth-order valence-electron chi connectivity index (χ4n) is 5.35. The van der Waals surface area contributed by atoms with Crippen LogP contribution in [0.5, 0.6) is 0 Å². The SMILES string of the molecule is O=C(c1ccc(Cl)cc1)C1C2C(=O)N(c3ccc(Cl)cc3Cl)C(=O)C2C2c3ccccc3C=NN12. The number of carbonyl (C=O) groups excluding carboxylic acids is 3. The summed E-state index contributed by atoms with van der Waals surface area (Å²) in [5.74, 6) is -2.96. The average Bonchev–Trinajstić information content (AvgIpc) is 3.32. The lowest BCUT2D eigenvalue weighted by atomic mass is 9.83. The standard InChI is InChI=1S/C26H16Cl3N3O3/c27-15-7-5-13(6-8-15)24(33)23-21-20(22-17-4-2-1-3-14(17)12-30-32(22)23)25(34)31(26(21)35)19-10-9-16(28)11-18(19)29/h1-12,20-23H. The Kier molecular flexibility index (Phi) is 5.22. The molecule has 0 N–H and O–H groups in total. The topological polar surface area (TPSA) is 70.0 Å². The summed E-state index contributed by atoms with van der Waals surface area (Å²) in [5, 5.41) is 7.22. The molecule has 3 heterocycles. The molecule has 4 unspecified atom stereocenters. The van der Waals surface area contributed by atoms with Gasteiger partial charge in [0.2, 0.25) is 11.8 Å². The van der Waals surface area contributed by atoms with Gasteiger partial charge in [-0.05, 0) is 53.6 Å². The van der Waals surface area contributed by atoms with E-state index in [2.05, 4.69) is 5.10 Å². The molecule has 0 spiro atoms. The number of fused-ring (bicyclic) bond motifs is 5. The van der Waals surface area contributed by atoms with Crippen LogP contribution in [0, 0.1) is 11.8 Å². The monoisotopic (exact) mass is 523 g/mol. The Bertz CT molecular complexity index is 1440. The maximum Gasteiger partial charge on any atom is 0.240 e. The number of halogens is 3. The number of rotatable bonds is 3. The minimum Gasteiger partial charge on any atom is -0.292 e. The zero-order chi connectivity index (χ0) is 24.4. The summed E-state index contributed by atoms with van der Waals surface area (Å²) < 4.78 is 0. The lowest BCUT2D eigenvalue weighted by molar-refractivity contribution is -0.124. The number of imide groups is 1. The number of hydrogen-bond acceptors (Lipinski definition) is 5. The van der Waals surface area contributed by atoms with E-state index in [1.807, 2.05) is 24.3 Å². The van der Waals surface area contributed by atoms with E-state index < -0.39 is 35.7 Å². The van der Waals surface area contributed by atoms with Crippen LogP contribution >= 0.6 is 34.8 Å². The van der Waals surface area contributed by atoms with Crippen molar-refractivity contribution in [3.05, 3.63) is 98.5 Å². The van der Waals surface area contributed by atoms with E-state index in [4.69, 9.17) is 34.8 Å². The second-order valence-corrected chi connectivity index (χ2v) is 9.95. The highest BCUT2D eigenvalue weighted by Crippen LogP contribution is 2.53. The van der Waals surface area contributed by atoms with Crippen molar-refractivity contribution >= 4 is 64.3 Å². The first kappa shape index (κ1) is 22.3. The zero-order valence-corrected chi connectivity index (χ0v) is 20.2. The van der Waals surface area contributed by atoms with Crippen LogP contribution in [-0.2, 0) is 9.59 Å². The molecular weight excluding hydrogens is 509 g/mol. The van der Waals surface area contributed by atoms with E-state index in [1.54, 1.807) is 47.6 Å². The van der Waals surface area contributed by atoms with Crippen molar-refractivity contribution in [2.24, 2.45) is 16.9 Å². The van der Waals surface area contributed by atoms with E-state index in [0.29, 0.717) is 15.6 Å². The van der Waals surface area contributed by atoms with Crippen molar-refractivity contribution in [2.75, 3.05) is 4.90 Å². The van der Waals surface area contributed by atoms with E-state index in [0.717, 1.165) is 16.0 Å². The van der Waals surface area contributed by atoms with Crippen LogP contribution in [0.2, 0.25) is 15.1 Å². The van der Waals surface area contributed by atoms with Gasteiger partial charge in [0.15, 0.2) is 5.78 Å². The molecule has 35 heavy (non-hydrogen) atoms. The largest absolute Gasteiger partial charge is 0.292 e. The Morgan fingerprint density at radius 3 is 2.26 bits per heavy atom. The van der Waals surface area contributed by atoms with Gasteiger partial charge in [0.05, 0.1) is 34.8 Å². The van der Waals surface area contributed by atoms with Crippen molar-refractivity contribution in [3.63, 3.8) is 0 Å². The molecule has 2 amide bonds. The number of Topliss-reactive ketones (excluding diaryl/α,β-unsaturated/α-hetero) is 1. The van der Waals surface area contributed by atoms with Crippen LogP contribution in [0.4, 0.5) is 5.69 Å². The number of carbonyl (C=O) groups is 3. The number of nitrogens with zero attached hydrogens (tertiary/aromatic N) is 3. The van der Waals surface area contributed by atoms with Crippen LogP contribution in [0.3, 0.4) is 0 Å². The molecular formula is C26H16Cl3N3O3. The highest BCUT2D eigenvalue weighted by atomic mass is 35.5. The Balaban J connectivity index is 1.50. The molecule has 174 valence electrons. The van der Waals surface area contributed by atoms with Crippen LogP contribution < -0.4 is 4.90 Å².